The first-order chi connectivity index (χ1) is 11.2. The first-order valence-electron chi connectivity index (χ1n) is 7.85. The van der Waals surface area contributed by atoms with Gasteiger partial charge < -0.3 is 15.2 Å². The number of hydrogen-bond donors (Lipinski definition) is 2. The number of nitrogens with one attached hydrogen (secondary N) is 1. The molecular weight excluding hydrogens is 290 g/mol. The van der Waals surface area contributed by atoms with Gasteiger partial charge in [-0.15, -0.1) is 0 Å². The van der Waals surface area contributed by atoms with Crippen LogP contribution in [0.4, 0.5) is 0 Å². The number of para-hydroxylation sites is 1. The number of amides is 1. The minimum atomic E-state index is -0.109. The zero-order valence-electron chi connectivity index (χ0n) is 13.4. The number of aliphatic hydroxyl groups excluding tert-OH is 1. The Balaban J connectivity index is 1.97. The highest BCUT2D eigenvalue weighted by molar-refractivity contribution is 5.95. The number of aliphatic hydroxyl groups is 1. The largest absolute Gasteiger partial charge is 0.489 e. The van der Waals surface area contributed by atoms with Crippen LogP contribution in [0, 0.1) is 5.92 Å². The number of benzene rings is 2. The second-order valence-corrected chi connectivity index (χ2v) is 5.59. The summed E-state index contributed by atoms with van der Waals surface area (Å²) in [7, 11) is 0. The van der Waals surface area contributed by atoms with E-state index in [-0.39, 0.29) is 18.4 Å². The number of ether oxygens (including phenoxy) is 1. The van der Waals surface area contributed by atoms with Crippen molar-refractivity contribution in [2.24, 2.45) is 5.92 Å². The molecule has 0 saturated heterocycles. The molecule has 2 aromatic carbocycles. The molecular formula is C19H23NO3. The summed E-state index contributed by atoms with van der Waals surface area (Å²) in [6, 6.07) is 17.0. The van der Waals surface area contributed by atoms with E-state index in [2.05, 4.69) is 5.32 Å². The van der Waals surface area contributed by atoms with Gasteiger partial charge in [0.2, 0.25) is 0 Å². The van der Waals surface area contributed by atoms with Crippen LogP contribution in [0.1, 0.15) is 29.3 Å². The van der Waals surface area contributed by atoms with Crippen LogP contribution in [0.25, 0.3) is 0 Å². The molecule has 4 heteroatoms. The maximum atomic E-state index is 12.4. The Morgan fingerprint density at radius 1 is 1.13 bits per heavy atom. The van der Waals surface area contributed by atoms with Crippen molar-refractivity contribution in [1.29, 1.82) is 0 Å². The lowest BCUT2D eigenvalue weighted by molar-refractivity contribution is 0.0943. The van der Waals surface area contributed by atoms with Crippen LogP contribution in [0.5, 0.6) is 5.75 Å². The van der Waals surface area contributed by atoms with Gasteiger partial charge in [-0.2, -0.15) is 0 Å². The van der Waals surface area contributed by atoms with Gasteiger partial charge in [-0.3, -0.25) is 4.79 Å². The molecule has 0 radical (unpaired) electrons. The van der Waals surface area contributed by atoms with Crippen LogP contribution in [0.15, 0.2) is 54.6 Å². The predicted molar refractivity (Wildman–Crippen MR) is 90.4 cm³/mol. The fourth-order valence-corrected chi connectivity index (χ4v) is 2.23. The van der Waals surface area contributed by atoms with Gasteiger partial charge in [-0.05, 0) is 30.5 Å². The van der Waals surface area contributed by atoms with Crippen LogP contribution in [-0.2, 0) is 6.61 Å². The summed E-state index contributed by atoms with van der Waals surface area (Å²) in [5.41, 5.74) is 1.48. The van der Waals surface area contributed by atoms with Crippen molar-refractivity contribution in [3.63, 3.8) is 0 Å². The summed E-state index contributed by atoms with van der Waals surface area (Å²) < 4.78 is 5.73. The van der Waals surface area contributed by atoms with Crippen molar-refractivity contribution in [3.05, 3.63) is 65.7 Å². The van der Waals surface area contributed by atoms with Gasteiger partial charge >= 0.3 is 0 Å². The lowest BCUT2D eigenvalue weighted by Crippen LogP contribution is -2.29. The Hall–Kier alpha value is -2.33. The van der Waals surface area contributed by atoms with Crippen LogP contribution in [-0.4, -0.2) is 24.2 Å². The Morgan fingerprint density at radius 2 is 1.83 bits per heavy atom. The Kier molecular flexibility index (Phi) is 6.63. The molecule has 2 N–H and O–H groups in total. The maximum absolute atomic E-state index is 12.4. The van der Waals surface area contributed by atoms with Gasteiger partial charge in [0.1, 0.15) is 12.4 Å². The molecule has 0 aliphatic rings. The van der Waals surface area contributed by atoms with Crippen molar-refractivity contribution in [2.45, 2.75) is 20.0 Å². The fourth-order valence-electron chi connectivity index (χ4n) is 2.23. The Labute approximate surface area is 137 Å². The first-order valence-corrected chi connectivity index (χ1v) is 7.85. The molecule has 23 heavy (non-hydrogen) atoms. The minimum absolute atomic E-state index is 0.109. The maximum Gasteiger partial charge on any atom is 0.251 e. The molecule has 2 aromatic rings. The summed E-state index contributed by atoms with van der Waals surface area (Å²) in [6.45, 7) is 3.03. The van der Waals surface area contributed by atoms with E-state index >= 15 is 0 Å². The second-order valence-electron chi connectivity index (χ2n) is 5.59. The van der Waals surface area contributed by atoms with Crippen molar-refractivity contribution < 1.29 is 14.6 Å². The third kappa shape index (κ3) is 5.42. The van der Waals surface area contributed by atoms with Gasteiger partial charge in [0, 0.05) is 24.3 Å². The Morgan fingerprint density at radius 3 is 2.57 bits per heavy atom. The van der Waals surface area contributed by atoms with E-state index in [4.69, 9.17) is 9.84 Å². The lowest BCUT2D eigenvalue weighted by atomic mass is 10.1. The molecule has 1 atom stereocenters. The molecule has 0 aromatic heterocycles. The number of carbonyl (C=O) groups is 1. The molecule has 0 saturated carbocycles. The van der Waals surface area contributed by atoms with Crippen LogP contribution in [0.3, 0.4) is 0 Å². The van der Waals surface area contributed by atoms with E-state index in [1.54, 1.807) is 6.07 Å². The average molecular weight is 313 g/mol. The van der Waals surface area contributed by atoms with Gasteiger partial charge in [0.25, 0.3) is 5.91 Å². The number of rotatable bonds is 8. The van der Waals surface area contributed by atoms with Crippen LogP contribution >= 0.6 is 0 Å². The molecule has 4 nitrogen and oxygen atoms in total. The third-order valence-corrected chi connectivity index (χ3v) is 3.63. The zero-order chi connectivity index (χ0) is 16.5. The van der Waals surface area contributed by atoms with Crippen LogP contribution in [0.2, 0.25) is 0 Å². The van der Waals surface area contributed by atoms with Gasteiger partial charge in [0.15, 0.2) is 0 Å². The molecule has 0 fully saturated rings. The molecule has 1 unspecified atom stereocenters. The van der Waals surface area contributed by atoms with Crippen molar-refractivity contribution in [3.8, 4) is 5.75 Å². The van der Waals surface area contributed by atoms with E-state index in [1.807, 2.05) is 55.5 Å². The highest BCUT2D eigenvalue weighted by Crippen LogP contribution is 2.15. The second kappa shape index (κ2) is 8.96. The summed E-state index contributed by atoms with van der Waals surface area (Å²) in [4.78, 5) is 12.4. The molecule has 0 aliphatic heterocycles. The normalized spacial score (nSPS) is 11.7. The predicted octanol–water partition coefficient (Wildman–Crippen LogP) is 3.01. The van der Waals surface area contributed by atoms with Crippen molar-refractivity contribution in [2.75, 3.05) is 13.2 Å². The average Bonchev–Trinajstić information content (AvgIpc) is 2.59. The Bertz CT molecular complexity index is 613. The van der Waals surface area contributed by atoms with E-state index in [0.717, 1.165) is 11.3 Å². The summed E-state index contributed by atoms with van der Waals surface area (Å²) in [5, 5.41) is 11.8. The molecule has 2 rings (SSSR count). The minimum Gasteiger partial charge on any atom is -0.489 e. The summed E-state index contributed by atoms with van der Waals surface area (Å²) in [5.74, 6) is 0.915. The quantitative estimate of drug-likeness (QED) is 0.787. The number of carbonyl (C=O) groups excluding carboxylic acids is 1. The van der Waals surface area contributed by atoms with Crippen molar-refractivity contribution >= 4 is 5.91 Å². The molecule has 0 spiro atoms. The smallest absolute Gasteiger partial charge is 0.251 e. The van der Waals surface area contributed by atoms with Gasteiger partial charge in [-0.1, -0.05) is 43.3 Å². The van der Waals surface area contributed by atoms with E-state index in [1.165, 1.54) is 0 Å². The van der Waals surface area contributed by atoms with Crippen molar-refractivity contribution in [1.82, 2.24) is 5.32 Å². The highest BCUT2D eigenvalue weighted by atomic mass is 16.5. The molecule has 122 valence electrons. The monoisotopic (exact) mass is 313 g/mol. The lowest BCUT2D eigenvalue weighted by Gasteiger charge is -2.14. The molecule has 1 amide bonds. The standard InChI is InChI=1S/C19H23NO3/c1-15(11-12-21)13-20-19(22)18-10-6-5-7-16(18)14-23-17-8-3-2-4-9-17/h2-10,15,21H,11-14H2,1H3,(H,20,22). The third-order valence-electron chi connectivity index (χ3n) is 3.63. The topological polar surface area (TPSA) is 58.6 Å². The molecule has 0 heterocycles. The van der Waals surface area contributed by atoms with E-state index in [9.17, 15) is 4.79 Å². The van der Waals surface area contributed by atoms with E-state index in [0.29, 0.717) is 25.1 Å². The highest BCUT2D eigenvalue weighted by Gasteiger charge is 2.12. The van der Waals surface area contributed by atoms with Crippen LogP contribution < -0.4 is 10.1 Å². The molecule has 0 bridgehead atoms. The van der Waals surface area contributed by atoms with Gasteiger partial charge in [0.05, 0.1) is 0 Å². The summed E-state index contributed by atoms with van der Waals surface area (Å²) in [6.07, 6.45) is 0.680. The first kappa shape index (κ1) is 17.0. The summed E-state index contributed by atoms with van der Waals surface area (Å²) >= 11 is 0. The van der Waals surface area contributed by atoms with E-state index < -0.39 is 0 Å². The number of hydrogen-bond acceptors (Lipinski definition) is 3. The molecule has 0 aliphatic carbocycles. The fraction of sp³-hybridized carbons (Fsp3) is 0.316. The SMILES string of the molecule is CC(CCO)CNC(=O)c1ccccc1COc1ccccc1. The van der Waals surface area contributed by atoms with Gasteiger partial charge in [-0.25, -0.2) is 0 Å². The zero-order valence-corrected chi connectivity index (χ0v) is 13.4.